The number of aryl methyl sites for hydroxylation is 1. The highest BCUT2D eigenvalue weighted by atomic mass is 16.3. The molecule has 0 aliphatic carbocycles. The number of carbonyl (C=O) groups excluding carboxylic acids is 1. The van der Waals surface area contributed by atoms with Gasteiger partial charge in [-0.2, -0.15) is 0 Å². The van der Waals surface area contributed by atoms with E-state index >= 15 is 0 Å². The van der Waals surface area contributed by atoms with Crippen LogP contribution < -0.4 is 5.32 Å². The maximum Gasteiger partial charge on any atom is 0.176 e. The standard InChI is InChI=1S/C14H21NO2/c1-8(2)15-7-13(16)12-6-9(3)14(17)11(5)10(12)4/h6,8,15,17H,7H2,1-5H3. The van der Waals surface area contributed by atoms with Crippen molar-refractivity contribution < 1.29 is 9.90 Å². The van der Waals surface area contributed by atoms with Gasteiger partial charge in [0.05, 0.1) is 6.54 Å². The fourth-order valence-corrected chi connectivity index (χ4v) is 1.75. The monoisotopic (exact) mass is 235 g/mol. The van der Waals surface area contributed by atoms with Crippen molar-refractivity contribution in [1.82, 2.24) is 5.32 Å². The summed E-state index contributed by atoms with van der Waals surface area (Å²) in [7, 11) is 0. The van der Waals surface area contributed by atoms with Crippen molar-refractivity contribution in [1.29, 1.82) is 0 Å². The zero-order valence-electron chi connectivity index (χ0n) is 11.2. The molecule has 0 aromatic heterocycles. The number of phenolic OH excluding ortho intramolecular Hbond substituents is 1. The molecule has 0 fully saturated rings. The fraction of sp³-hybridized carbons (Fsp3) is 0.500. The van der Waals surface area contributed by atoms with Crippen molar-refractivity contribution >= 4 is 5.78 Å². The molecule has 17 heavy (non-hydrogen) atoms. The lowest BCUT2D eigenvalue weighted by molar-refractivity contribution is 0.0987. The number of rotatable bonds is 4. The van der Waals surface area contributed by atoms with E-state index in [1.165, 1.54) is 0 Å². The molecule has 1 aromatic rings. The lowest BCUT2D eigenvalue weighted by Gasteiger charge is -2.13. The molecule has 2 N–H and O–H groups in total. The number of benzene rings is 1. The highest BCUT2D eigenvalue weighted by Crippen LogP contribution is 2.27. The van der Waals surface area contributed by atoms with Gasteiger partial charge in [0, 0.05) is 11.6 Å². The molecule has 0 unspecified atom stereocenters. The van der Waals surface area contributed by atoms with Crippen molar-refractivity contribution in [3.8, 4) is 5.75 Å². The maximum atomic E-state index is 12.0. The van der Waals surface area contributed by atoms with E-state index in [9.17, 15) is 9.90 Å². The van der Waals surface area contributed by atoms with Gasteiger partial charge in [-0.3, -0.25) is 4.79 Å². The number of ketones is 1. The van der Waals surface area contributed by atoms with E-state index in [1.807, 2.05) is 34.6 Å². The van der Waals surface area contributed by atoms with E-state index in [0.717, 1.165) is 16.7 Å². The number of phenols is 1. The third-order valence-corrected chi connectivity index (χ3v) is 3.03. The van der Waals surface area contributed by atoms with E-state index in [4.69, 9.17) is 0 Å². The van der Waals surface area contributed by atoms with E-state index in [-0.39, 0.29) is 11.5 Å². The molecule has 0 amide bonds. The molecule has 0 radical (unpaired) electrons. The quantitative estimate of drug-likeness (QED) is 0.788. The molecule has 0 aliphatic heterocycles. The summed E-state index contributed by atoms with van der Waals surface area (Å²) in [5, 5.41) is 12.9. The minimum Gasteiger partial charge on any atom is -0.507 e. The Morgan fingerprint density at radius 1 is 1.29 bits per heavy atom. The van der Waals surface area contributed by atoms with E-state index in [2.05, 4.69) is 5.32 Å². The number of nitrogens with one attached hydrogen (secondary N) is 1. The molecular weight excluding hydrogens is 214 g/mol. The molecule has 0 saturated carbocycles. The molecule has 0 heterocycles. The van der Waals surface area contributed by atoms with Crippen LogP contribution >= 0.6 is 0 Å². The number of hydrogen-bond acceptors (Lipinski definition) is 3. The Balaban J connectivity index is 3.02. The summed E-state index contributed by atoms with van der Waals surface area (Å²) in [6.07, 6.45) is 0. The van der Waals surface area contributed by atoms with Crippen LogP contribution in [-0.2, 0) is 0 Å². The molecule has 0 spiro atoms. The largest absolute Gasteiger partial charge is 0.507 e. The average Bonchev–Trinajstić information content (AvgIpc) is 2.28. The van der Waals surface area contributed by atoms with Gasteiger partial charge in [-0.1, -0.05) is 13.8 Å². The van der Waals surface area contributed by atoms with Crippen molar-refractivity contribution in [2.45, 2.75) is 40.7 Å². The molecule has 0 saturated heterocycles. The normalized spacial score (nSPS) is 10.9. The summed E-state index contributed by atoms with van der Waals surface area (Å²) in [4.78, 5) is 12.0. The Kier molecular flexibility index (Phi) is 4.29. The van der Waals surface area contributed by atoms with Crippen LogP contribution in [0.1, 0.15) is 40.9 Å². The van der Waals surface area contributed by atoms with Gasteiger partial charge in [-0.15, -0.1) is 0 Å². The Morgan fingerprint density at radius 3 is 2.41 bits per heavy atom. The Bertz CT molecular complexity index is 436. The van der Waals surface area contributed by atoms with Crippen molar-refractivity contribution in [2.24, 2.45) is 0 Å². The van der Waals surface area contributed by atoms with Gasteiger partial charge in [-0.25, -0.2) is 0 Å². The summed E-state index contributed by atoms with van der Waals surface area (Å²) in [5.41, 5.74) is 3.11. The number of Topliss-reactive ketones (excluding diaryl/α,β-unsaturated/α-hetero) is 1. The van der Waals surface area contributed by atoms with E-state index in [1.54, 1.807) is 6.07 Å². The predicted octanol–water partition coefficient (Wildman–Crippen LogP) is 2.50. The van der Waals surface area contributed by atoms with Crippen LogP contribution in [-0.4, -0.2) is 23.5 Å². The van der Waals surface area contributed by atoms with Crippen molar-refractivity contribution in [2.75, 3.05) is 6.54 Å². The zero-order chi connectivity index (χ0) is 13.2. The third-order valence-electron chi connectivity index (χ3n) is 3.03. The summed E-state index contributed by atoms with van der Waals surface area (Å²) in [6.45, 7) is 9.87. The van der Waals surface area contributed by atoms with Crippen LogP contribution in [0.2, 0.25) is 0 Å². The minimum atomic E-state index is 0.0717. The molecule has 3 heteroatoms. The van der Waals surface area contributed by atoms with Crippen LogP contribution in [0.5, 0.6) is 5.75 Å². The van der Waals surface area contributed by atoms with Crippen molar-refractivity contribution in [3.63, 3.8) is 0 Å². The number of hydrogen-bond donors (Lipinski definition) is 2. The van der Waals surface area contributed by atoms with Gasteiger partial charge >= 0.3 is 0 Å². The van der Waals surface area contributed by atoms with Gasteiger partial charge in [0.25, 0.3) is 0 Å². The molecule has 0 atom stereocenters. The highest BCUT2D eigenvalue weighted by molar-refractivity contribution is 5.99. The summed E-state index contributed by atoms with van der Waals surface area (Å²) >= 11 is 0. The molecule has 0 aliphatic rings. The summed E-state index contributed by atoms with van der Waals surface area (Å²) < 4.78 is 0. The van der Waals surface area contributed by atoms with E-state index < -0.39 is 0 Å². The highest BCUT2D eigenvalue weighted by Gasteiger charge is 2.14. The first-order valence-electron chi connectivity index (χ1n) is 5.91. The molecule has 3 nitrogen and oxygen atoms in total. The average molecular weight is 235 g/mol. The SMILES string of the molecule is Cc1cc(C(=O)CNC(C)C)c(C)c(C)c1O. The van der Waals surface area contributed by atoms with E-state index in [0.29, 0.717) is 18.2 Å². The molecule has 94 valence electrons. The van der Waals surface area contributed by atoms with Crippen molar-refractivity contribution in [3.05, 3.63) is 28.3 Å². The van der Waals surface area contributed by atoms with Gasteiger partial charge in [0.15, 0.2) is 5.78 Å². The van der Waals surface area contributed by atoms with Gasteiger partial charge < -0.3 is 10.4 Å². The molecule has 1 aromatic carbocycles. The zero-order valence-corrected chi connectivity index (χ0v) is 11.2. The Morgan fingerprint density at radius 2 is 1.88 bits per heavy atom. The van der Waals surface area contributed by atoms with Gasteiger partial charge in [-0.05, 0) is 43.5 Å². The third kappa shape index (κ3) is 3.07. The second-order valence-corrected chi connectivity index (χ2v) is 4.80. The fourth-order valence-electron chi connectivity index (χ4n) is 1.75. The first-order valence-corrected chi connectivity index (χ1v) is 5.91. The number of carbonyl (C=O) groups is 1. The second-order valence-electron chi connectivity index (χ2n) is 4.80. The molecule has 0 bridgehead atoms. The first kappa shape index (κ1) is 13.7. The molecular formula is C14H21NO2. The lowest BCUT2D eigenvalue weighted by Crippen LogP contribution is -2.29. The van der Waals surface area contributed by atoms with Gasteiger partial charge in [0.2, 0.25) is 0 Å². The Labute approximate surface area is 103 Å². The second kappa shape index (κ2) is 5.32. The summed E-state index contributed by atoms with van der Waals surface area (Å²) in [6, 6.07) is 2.06. The maximum absolute atomic E-state index is 12.0. The Hall–Kier alpha value is -1.35. The van der Waals surface area contributed by atoms with Crippen LogP contribution in [0, 0.1) is 20.8 Å². The van der Waals surface area contributed by atoms with Crippen LogP contribution in [0.3, 0.4) is 0 Å². The predicted molar refractivity (Wildman–Crippen MR) is 69.8 cm³/mol. The topological polar surface area (TPSA) is 49.3 Å². The first-order chi connectivity index (χ1) is 7.84. The smallest absolute Gasteiger partial charge is 0.176 e. The minimum absolute atomic E-state index is 0.0717. The van der Waals surface area contributed by atoms with Crippen LogP contribution in [0.15, 0.2) is 6.07 Å². The number of aromatic hydroxyl groups is 1. The van der Waals surface area contributed by atoms with Gasteiger partial charge in [0.1, 0.15) is 5.75 Å². The molecule has 1 rings (SSSR count). The van der Waals surface area contributed by atoms with Crippen LogP contribution in [0.4, 0.5) is 0 Å². The lowest BCUT2D eigenvalue weighted by atomic mass is 9.96. The van der Waals surface area contributed by atoms with Crippen LogP contribution in [0.25, 0.3) is 0 Å². The summed E-state index contributed by atoms with van der Waals surface area (Å²) in [5.74, 6) is 0.360.